The number of phenolic OH excluding ortho intramolecular Hbond substituents is 1. The number of ketones is 1. The summed E-state index contributed by atoms with van der Waals surface area (Å²) in [5.41, 5.74) is 0.536. The molecule has 0 aliphatic rings. The van der Waals surface area contributed by atoms with E-state index in [4.69, 9.17) is 4.42 Å². The predicted molar refractivity (Wildman–Crippen MR) is 86.7 cm³/mol. The Morgan fingerprint density at radius 3 is 2.70 bits per heavy atom. The molecule has 0 fully saturated rings. The van der Waals surface area contributed by atoms with Crippen LogP contribution in [0.15, 0.2) is 47.3 Å². The quantitative estimate of drug-likeness (QED) is 0.531. The lowest BCUT2D eigenvalue weighted by molar-refractivity contribution is 0.0974. The number of halogens is 3. The second-order valence-corrected chi connectivity index (χ2v) is 6.32. The van der Waals surface area contributed by atoms with Gasteiger partial charge in [-0.1, -0.05) is 15.9 Å². The fourth-order valence-electron chi connectivity index (χ4n) is 1.42. The van der Waals surface area contributed by atoms with E-state index in [0.717, 1.165) is 4.47 Å². The number of aromatic hydroxyl groups is 1. The van der Waals surface area contributed by atoms with Crippen LogP contribution >= 0.6 is 47.8 Å². The number of Topliss-reactive ketones (excluding diaryl/α,β-unsaturated/α-hetero) is 1. The zero-order valence-corrected chi connectivity index (χ0v) is 14.7. The molecule has 0 amide bonds. The van der Waals surface area contributed by atoms with E-state index in [1.807, 2.05) is 0 Å². The minimum atomic E-state index is -0.248. The topological polar surface area (TPSA) is 62.8 Å². The van der Waals surface area contributed by atoms with Crippen LogP contribution in [0.25, 0.3) is 0 Å². The van der Waals surface area contributed by atoms with E-state index in [2.05, 4.69) is 52.8 Å². The minimum absolute atomic E-state index is 0.0572. The number of nitrogens with zero attached hydrogens (tertiary/aromatic N) is 1. The first-order valence-corrected chi connectivity index (χ1v) is 7.81. The maximum atomic E-state index is 11.8. The smallest absolute Gasteiger partial charge is 0.219 e. The van der Waals surface area contributed by atoms with Gasteiger partial charge < -0.3 is 9.52 Å². The standard InChI is InChI=1S/C13H8Br3NO3/c14-8-1-2-10(18)7(3-8)5-17-6-11(19)12-4-9(15)13(16)20-12/h1-5,18H,6H2. The van der Waals surface area contributed by atoms with Gasteiger partial charge in [0, 0.05) is 22.3 Å². The Morgan fingerprint density at radius 1 is 1.30 bits per heavy atom. The summed E-state index contributed by atoms with van der Waals surface area (Å²) in [6.07, 6.45) is 1.45. The molecule has 0 aliphatic heterocycles. The van der Waals surface area contributed by atoms with Crippen molar-refractivity contribution in [1.29, 1.82) is 0 Å². The van der Waals surface area contributed by atoms with Gasteiger partial charge >= 0.3 is 0 Å². The highest BCUT2D eigenvalue weighted by atomic mass is 79.9. The number of rotatable bonds is 4. The molecule has 2 aromatic rings. The second-order valence-electron chi connectivity index (χ2n) is 3.83. The van der Waals surface area contributed by atoms with E-state index in [1.54, 1.807) is 24.3 Å². The third kappa shape index (κ3) is 3.80. The first-order chi connectivity index (χ1) is 9.47. The van der Waals surface area contributed by atoms with Gasteiger partial charge in [0.15, 0.2) is 10.4 Å². The molecule has 0 aliphatic carbocycles. The summed E-state index contributed by atoms with van der Waals surface area (Å²) < 4.78 is 7.17. The molecule has 20 heavy (non-hydrogen) atoms. The Labute approximate surface area is 140 Å². The van der Waals surface area contributed by atoms with Gasteiger partial charge in [0.25, 0.3) is 0 Å². The number of furan rings is 1. The predicted octanol–water partition coefficient (Wildman–Crippen LogP) is 4.57. The number of carbonyl (C=O) groups is 1. The van der Waals surface area contributed by atoms with E-state index < -0.39 is 0 Å². The van der Waals surface area contributed by atoms with Crippen LogP contribution in [0.4, 0.5) is 0 Å². The average molecular weight is 466 g/mol. The summed E-state index contributed by atoms with van der Waals surface area (Å²) in [6, 6.07) is 6.56. The molecule has 0 atom stereocenters. The Morgan fingerprint density at radius 2 is 2.05 bits per heavy atom. The number of carbonyl (C=O) groups excluding carboxylic acids is 1. The molecule has 0 spiro atoms. The lowest BCUT2D eigenvalue weighted by Gasteiger charge is -1.98. The van der Waals surface area contributed by atoms with Crippen molar-refractivity contribution in [1.82, 2.24) is 0 Å². The highest BCUT2D eigenvalue weighted by molar-refractivity contribution is 9.13. The molecular formula is C13H8Br3NO3. The van der Waals surface area contributed by atoms with Crippen LogP contribution in [0.1, 0.15) is 16.1 Å². The zero-order valence-electron chi connectivity index (χ0n) is 9.94. The monoisotopic (exact) mass is 463 g/mol. The van der Waals surface area contributed by atoms with Crippen LogP contribution in [0.5, 0.6) is 5.75 Å². The maximum Gasteiger partial charge on any atom is 0.219 e. The molecule has 0 radical (unpaired) electrons. The van der Waals surface area contributed by atoms with Crippen LogP contribution in [-0.4, -0.2) is 23.6 Å². The van der Waals surface area contributed by atoms with E-state index in [-0.39, 0.29) is 23.8 Å². The number of phenols is 1. The normalized spacial score (nSPS) is 11.2. The average Bonchev–Trinajstić information content (AvgIpc) is 2.74. The van der Waals surface area contributed by atoms with Crippen molar-refractivity contribution in [3.05, 3.63) is 49.2 Å². The van der Waals surface area contributed by atoms with Gasteiger partial charge in [0.05, 0.1) is 4.47 Å². The number of benzene rings is 1. The molecule has 1 N–H and O–H groups in total. The fraction of sp³-hybridized carbons (Fsp3) is 0.0769. The van der Waals surface area contributed by atoms with Crippen molar-refractivity contribution >= 4 is 59.8 Å². The lowest BCUT2D eigenvalue weighted by Crippen LogP contribution is -2.02. The number of hydrogen-bond acceptors (Lipinski definition) is 4. The second kappa shape index (κ2) is 6.69. The molecular weight excluding hydrogens is 458 g/mol. The van der Waals surface area contributed by atoms with Gasteiger partial charge in [-0.15, -0.1) is 0 Å². The largest absolute Gasteiger partial charge is 0.507 e. The summed E-state index contributed by atoms with van der Waals surface area (Å²) in [6.45, 7) is -0.0572. The van der Waals surface area contributed by atoms with E-state index >= 15 is 0 Å². The third-order valence-electron chi connectivity index (χ3n) is 2.37. The Balaban J connectivity index is 2.06. The summed E-state index contributed by atoms with van der Waals surface area (Å²) in [5.74, 6) is 0.0781. The summed E-state index contributed by atoms with van der Waals surface area (Å²) in [7, 11) is 0. The minimum Gasteiger partial charge on any atom is -0.507 e. The van der Waals surface area contributed by atoms with Gasteiger partial charge in [-0.2, -0.15) is 0 Å². The van der Waals surface area contributed by atoms with Crippen molar-refractivity contribution in [3.63, 3.8) is 0 Å². The lowest BCUT2D eigenvalue weighted by atomic mass is 10.2. The molecule has 0 saturated heterocycles. The summed E-state index contributed by atoms with van der Waals surface area (Å²) in [5, 5.41) is 9.63. The number of aliphatic imine (C=N–C) groups is 1. The van der Waals surface area contributed by atoms with Crippen molar-refractivity contribution in [2.24, 2.45) is 4.99 Å². The molecule has 7 heteroatoms. The molecule has 1 heterocycles. The van der Waals surface area contributed by atoms with Crippen molar-refractivity contribution < 1.29 is 14.3 Å². The van der Waals surface area contributed by atoms with Gasteiger partial charge in [0.2, 0.25) is 5.78 Å². The summed E-state index contributed by atoms with van der Waals surface area (Å²) >= 11 is 9.70. The molecule has 0 unspecified atom stereocenters. The van der Waals surface area contributed by atoms with Gasteiger partial charge in [-0.05, 0) is 50.1 Å². The Kier molecular flexibility index (Phi) is 5.17. The molecule has 1 aromatic carbocycles. The third-order valence-corrected chi connectivity index (χ3v) is 4.58. The molecule has 0 bridgehead atoms. The van der Waals surface area contributed by atoms with Crippen LogP contribution in [0.3, 0.4) is 0 Å². The first-order valence-electron chi connectivity index (χ1n) is 5.43. The molecule has 2 rings (SSSR count). The fourth-order valence-corrected chi connectivity index (χ4v) is 2.37. The van der Waals surface area contributed by atoms with Crippen LogP contribution < -0.4 is 0 Å². The Hall–Kier alpha value is -0.920. The van der Waals surface area contributed by atoms with E-state index in [1.165, 1.54) is 6.21 Å². The maximum absolute atomic E-state index is 11.8. The van der Waals surface area contributed by atoms with E-state index in [0.29, 0.717) is 14.7 Å². The van der Waals surface area contributed by atoms with Gasteiger partial charge in [-0.25, -0.2) is 0 Å². The Bertz CT molecular complexity index is 660. The van der Waals surface area contributed by atoms with E-state index in [9.17, 15) is 9.90 Å². The summed E-state index contributed by atoms with van der Waals surface area (Å²) in [4.78, 5) is 15.8. The SMILES string of the molecule is O=C(CN=Cc1cc(Br)ccc1O)c1cc(Br)c(Br)o1. The van der Waals surface area contributed by atoms with Crippen LogP contribution in [0, 0.1) is 0 Å². The van der Waals surface area contributed by atoms with Gasteiger partial charge in [0.1, 0.15) is 12.3 Å². The van der Waals surface area contributed by atoms with Crippen LogP contribution in [-0.2, 0) is 0 Å². The molecule has 4 nitrogen and oxygen atoms in total. The molecule has 1 aromatic heterocycles. The zero-order chi connectivity index (χ0) is 14.7. The van der Waals surface area contributed by atoms with Crippen molar-refractivity contribution in [3.8, 4) is 5.75 Å². The van der Waals surface area contributed by atoms with Gasteiger partial charge in [-0.3, -0.25) is 9.79 Å². The molecule has 104 valence electrons. The first kappa shape index (κ1) is 15.5. The van der Waals surface area contributed by atoms with Crippen LogP contribution in [0.2, 0.25) is 0 Å². The van der Waals surface area contributed by atoms with Crippen molar-refractivity contribution in [2.75, 3.05) is 6.54 Å². The van der Waals surface area contributed by atoms with Crippen molar-refractivity contribution in [2.45, 2.75) is 0 Å². The molecule has 0 saturated carbocycles. The highest BCUT2D eigenvalue weighted by Gasteiger charge is 2.13. The highest BCUT2D eigenvalue weighted by Crippen LogP contribution is 2.27. The number of hydrogen-bond donors (Lipinski definition) is 1.